The highest BCUT2D eigenvalue weighted by atomic mass is 35.5. The second kappa shape index (κ2) is 8.61. The minimum Gasteiger partial charge on any atom is -0.489 e. The van der Waals surface area contributed by atoms with E-state index < -0.39 is 5.97 Å². The fraction of sp³-hybridized carbons (Fsp3) is 0.0435. The van der Waals surface area contributed by atoms with E-state index in [0.717, 1.165) is 5.56 Å². The van der Waals surface area contributed by atoms with Crippen molar-refractivity contribution in [2.45, 2.75) is 6.61 Å². The van der Waals surface area contributed by atoms with Crippen molar-refractivity contribution in [2.24, 2.45) is 0 Å². The fourth-order valence-corrected chi connectivity index (χ4v) is 3.31. The van der Waals surface area contributed by atoms with Crippen molar-refractivity contribution in [3.8, 4) is 28.2 Å². The summed E-state index contributed by atoms with van der Waals surface area (Å²) in [6.07, 6.45) is 0. The number of carboxylic acids is 1. The Hall–Kier alpha value is -3.28. The highest BCUT2D eigenvalue weighted by molar-refractivity contribution is 6.31. The number of hydrogen-bond acceptors (Lipinski definition) is 4. The number of hydrogen-bond donors (Lipinski definition) is 1. The van der Waals surface area contributed by atoms with Gasteiger partial charge < -0.3 is 14.4 Å². The molecule has 3 aromatic carbocycles. The lowest BCUT2D eigenvalue weighted by Crippen LogP contribution is -1.99. The van der Waals surface area contributed by atoms with E-state index in [0.29, 0.717) is 44.9 Å². The maximum atomic E-state index is 11.6. The topological polar surface area (TPSA) is 72.6 Å². The van der Waals surface area contributed by atoms with E-state index in [1.54, 1.807) is 48.5 Å². The van der Waals surface area contributed by atoms with Crippen LogP contribution in [0.3, 0.4) is 0 Å². The van der Waals surface area contributed by atoms with E-state index >= 15 is 0 Å². The lowest BCUT2D eigenvalue weighted by atomic mass is 9.99. The van der Waals surface area contributed by atoms with Gasteiger partial charge in [-0.05, 0) is 48.0 Å². The standard InChI is InChI=1S/C23H15Cl2NO4/c24-17-9-5-14(6-10-17)20-21(23(27)28)26-30-22(20)15-7-11-18(12-8-15)29-13-16-3-1-2-4-19(16)25/h1-12H,13H2,(H,27,28). The zero-order chi connectivity index (χ0) is 21.1. The van der Waals surface area contributed by atoms with E-state index in [-0.39, 0.29) is 5.69 Å². The number of carboxylic acid groups (broad SMARTS) is 1. The Kier molecular flexibility index (Phi) is 5.74. The van der Waals surface area contributed by atoms with Crippen LogP contribution in [0.25, 0.3) is 22.5 Å². The molecule has 4 rings (SSSR count). The predicted molar refractivity (Wildman–Crippen MR) is 115 cm³/mol. The predicted octanol–water partition coefficient (Wildman–Crippen LogP) is 6.59. The molecule has 0 spiro atoms. The molecule has 0 radical (unpaired) electrons. The van der Waals surface area contributed by atoms with Crippen LogP contribution in [0.1, 0.15) is 16.1 Å². The molecule has 0 bridgehead atoms. The maximum Gasteiger partial charge on any atom is 0.358 e. The third-order valence-corrected chi connectivity index (χ3v) is 5.12. The number of aromatic nitrogens is 1. The summed E-state index contributed by atoms with van der Waals surface area (Å²) >= 11 is 12.1. The molecular weight excluding hydrogens is 425 g/mol. The SMILES string of the molecule is O=C(O)c1noc(-c2ccc(OCc3ccccc3Cl)cc2)c1-c1ccc(Cl)cc1. The van der Waals surface area contributed by atoms with Gasteiger partial charge in [0.2, 0.25) is 0 Å². The van der Waals surface area contributed by atoms with Crippen molar-refractivity contribution in [2.75, 3.05) is 0 Å². The molecule has 1 N–H and O–H groups in total. The number of aromatic carboxylic acids is 1. The smallest absolute Gasteiger partial charge is 0.358 e. The van der Waals surface area contributed by atoms with Crippen LogP contribution < -0.4 is 4.74 Å². The Morgan fingerprint density at radius 2 is 1.60 bits per heavy atom. The first kappa shape index (κ1) is 20.0. The maximum absolute atomic E-state index is 11.6. The van der Waals surface area contributed by atoms with Gasteiger partial charge in [0.1, 0.15) is 12.4 Å². The monoisotopic (exact) mass is 439 g/mol. The third kappa shape index (κ3) is 4.17. The van der Waals surface area contributed by atoms with E-state index in [9.17, 15) is 9.90 Å². The molecule has 7 heteroatoms. The number of nitrogens with zero attached hydrogens (tertiary/aromatic N) is 1. The van der Waals surface area contributed by atoms with E-state index in [1.165, 1.54) is 0 Å². The van der Waals surface area contributed by atoms with Crippen molar-refractivity contribution in [1.29, 1.82) is 0 Å². The largest absolute Gasteiger partial charge is 0.489 e. The van der Waals surface area contributed by atoms with Crippen LogP contribution in [0.4, 0.5) is 0 Å². The Morgan fingerprint density at radius 3 is 2.27 bits per heavy atom. The molecule has 5 nitrogen and oxygen atoms in total. The summed E-state index contributed by atoms with van der Waals surface area (Å²) in [5.74, 6) is -0.174. The normalized spacial score (nSPS) is 10.7. The fourth-order valence-electron chi connectivity index (χ4n) is 3.00. The van der Waals surface area contributed by atoms with Gasteiger partial charge in [0.25, 0.3) is 0 Å². The average Bonchev–Trinajstić information content (AvgIpc) is 3.20. The molecule has 0 aliphatic rings. The minimum absolute atomic E-state index is 0.161. The Bertz CT molecular complexity index is 1180. The molecule has 0 aliphatic heterocycles. The number of carbonyl (C=O) groups is 1. The van der Waals surface area contributed by atoms with Gasteiger partial charge in [-0.2, -0.15) is 0 Å². The van der Waals surface area contributed by atoms with Gasteiger partial charge in [0.05, 0.1) is 5.56 Å². The molecule has 0 saturated heterocycles. The molecule has 0 unspecified atom stereocenters. The van der Waals surface area contributed by atoms with Crippen LogP contribution in [0.2, 0.25) is 10.0 Å². The molecule has 0 amide bonds. The number of benzene rings is 3. The molecule has 30 heavy (non-hydrogen) atoms. The number of rotatable bonds is 6. The van der Waals surface area contributed by atoms with E-state index in [2.05, 4.69) is 5.16 Å². The van der Waals surface area contributed by atoms with Crippen LogP contribution in [0.15, 0.2) is 77.3 Å². The zero-order valence-corrected chi connectivity index (χ0v) is 17.0. The summed E-state index contributed by atoms with van der Waals surface area (Å²) in [5, 5.41) is 14.4. The van der Waals surface area contributed by atoms with Crippen molar-refractivity contribution >= 4 is 29.2 Å². The molecule has 0 saturated carbocycles. The summed E-state index contributed by atoms with van der Waals surface area (Å²) < 4.78 is 11.2. The van der Waals surface area contributed by atoms with Crippen LogP contribution in [0.5, 0.6) is 5.75 Å². The highest BCUT2D eigenvalue weighted by Gasteiger charge is 2.24. The molecule has 0 atom stereocenters. The van der Waals surface area contributed by atoms with Gasteiger partial charge in [-0.1, -0.05) is 58.7 Å². The van der Waals surface area contributed by atoms with E-state index in [1.807, 2.05) is 24.3 Å². The Morgan fingerprint density at radius 1 is 0.933 bits per heavy atom. The summed E-state index contributed by atoms with van der Waals surface area (Å²) in [4.78, 5) is 11.6. The molecule has 0 fully saturated rings. The molecule has 4 aromatic rings. The highest BCUT2D eigenvalue weighted by Crippen LogP contribution is 2.36. The van der Waals surface area contributed by atoms with Gasteiger partial charge in [0, 0.05) is 21.2 Å². The Balaban J connectivity index is 1.62. The van der Waals surface area contributed by atoms with Gasteiger partial charge in [0.15, 0.2) is 11.5 Å². The first-order valence-electron chi connectivity index (χ1n) is 8.98. The first-order valence-corrected chi connectivity index (χ1v) is 9.74. The second-order valence-corrected chi connectivity index (χ2v) is 7.30. The minimum atomic E-state index is -1.17. The van der Waals surface area contributed by atoms with Crippen molar-refractivity contribution in [3.05, 3.63) is 94.1 Å². The number of ether oxygens (including phenoxy) is 1. The Labute approximate surface area is 182 Å². The van der Waals surface area contributed by atoms with Gasteiger partial charge in [-0.25, -0.2) is 4.79 Å². The van der Waals surface area contributed by atoms with Gasteiger partial charge in [-0.15, -0.1) is 0 Å². The molecule has 1 aromatic heterocycles. The first-order chi connectivity index (χ1) is 14.5. The summed E-state index contributed by atoms with van der Waals surface area (Å²) in [5.41, 5.74) is 2.43. The summed E-state index contributed by atoms with van der Waals surface area (Å²) in [6, 6.07) is 21.4. The molecule has 0 aliphatic carbocycles. The van der Waals surface area contributed by atoms with Crippen LogP contribution in [-0.2, 0) is 6.61 Å². The van der Waals surface area contributed by atoms with Crippen LogP contribution in [-0.4, -0.2) is 16.2 Å². The number of halogens is 2. The molecule has 1 heterocycles. The molecule has 150 valence electrons. The molecular formula is C23H15Cl2NO4. The second-order valence-electron chi connectivity index (χ2n) is 6.45. The van der Waals surface area contributed by atoms with Crippen molar-refractivity contribution in [1.82, 2.24) is 5.16 Å². The summed E-state index contributed by atoms with van der Waals surface area (Å²) in [6.45, 7) is 0.334. The van der Waals surface area contributed by atoms with E-state index in [4.69, 9.17) is 32.5 Å². The lowest BCUT2D eigenvalue weighted by Gasteiger charge is -2.08. The quantitative estimate of drug-likeness (QED) is 0.366. The summed E-state index contributed by atoms with van der Waals surface area (Å²) in [7, 11) is 0. The average molecular weight is 440 g/mol. The van der Waals surface area contributed by atoms with Crippen molar-refractivity contribution < 1.29 is 19.2 Å². The third-order valence-electron chi connectivity index (χ3n) is 4.50. The lowest BCUT2D eigenvalue weighted by molar-refractivity contribution is 0.0686. The van der Waals surface area contributed by atoms with Crippen molar-refractivity contribution in [3.63, 3.8) is 0 Å². The van der Waals surface area contributed by atoms with Gasteiger partial charge in [-0.3, -0.25) is 0 Å². The van der Waals surface area contributed by atoms with Gasteiger partial charge >= 0.3 is 5.97 Å². The van der Waals surface area contributed by atoms with Crippen LogP contribution in [0, 0.1) is 0 Å². The zero-order valence-electron chi connectivity index (χ0n) is 15.5. The van der Waals surface area contributed by atoms with Crippen LogP contribution >= 0.6 is 23.2 Å².